The molecule has 5 atom stereocenters. The largest absolute Gasteiger partial charge is 0.480 e. The molecule has 0 aliphatic carbocycles. The van der Waals surface area contributed by atoms with E-state index in [2.05, 4.69) is 10.6 Å². The number of nitrogens with two attached hydrogens (primary N) is 3. The van der Waals surface area contributed by atoms with Crippen LogP contribution in [0.25, 0.3) is 0 Å². The van der Waals surface area contributed by atoms with Crippen LogP contribution in [-0.2, 0) is 28.8 Å². The Labute approximate surface area is 183 Å². The Bertz CT molecular complexity index is 758. The second kappa shape index (κ2) is 12.0. The van der Waals surface area contributed by atoms with Crippen molar-refractivity contribution in [2.24, 2.45) is 17.2 Å². The fourth-order valence-corrected chi connectivity index (χ4v) is 3.23. The lowest BCUT2D eigenvalue weighted by Crippen LogP contribution is -2.59. The van der Waals surface area contributed by atoms with Crippen molar-refractivity contribution in [1.82, 2.24) is 15.5 Å². The first kappa shape index (κ1) is 26.8. The van der Waals surface area contributed by atoms with Crippen molar-refractivity contribution in [3.05, 3.63) is 0 Å². The molecule has 10 N–H and O–H groups in total. The molecule has 1 saturated heterocycles. The van der Waals surface area contributed by atoms with Crippen molar-refractivity contribution < 1.29 is 39.0 Å². The van der Waals surface area contributed by atoms with Crippen molar-refractivity contribution in [1.29, 1.82) is 0 Å². The third kappa shape index (κ3) is 7.77. The van der Waals surface area contributed by atoms with Gasteiger partial charge >= 0.3 is 5.97 Å². The number of aliphatic hydroxyl groups excluding tert-OH is 1. The number of carboxylic acids is 1. The number of aliphatic hydroxyl groups is 1. The van der Waals surface area contributed by atoms with E-state index in [4.69, 9.17) is 22.3 Å². The van der Waals surface area contributed by atoms with Crippen LogP contribution < -0.4 is 27.8 Å². The molecule has 1 aliphatic rings. The predicted molar refractivity (Wildman–Crippen MR) is 108 cm³/mol. The van der Waals surface area contributed by atoms with Crippen LogP contribution in [0.1, 0.15) is 39.0 Å². The van der Waals surface area contributed by atoms with E-state index in [1.165, 1.54) is 6.92 Å². The average molecular weight is 458 g/mol. The molecule has 5 unspecified atom stereocenters. The summed E-state index contributed by atoms with van der Waals surface area (Å²) in [6, 6.07) is -5.22. The number of hydrogen-bond acceptors (Lipinski definition) is 8. The van der Waals surface area contributed by atoms with Crippen LogP contribution in [0.2, 0.25) is 0 Å². The highest BCUT2D eigenvalue weighted by atomic mass is 16.4. The monoisotopic (exact) mass is 458 g/mol. The average Bonchev–Trinajstić information content (AvgIpc) is 3.18. The van der Waals surface area contributed by atoms with Crippen molar-refractivity contribution in [2.75, 3.05) is 6.54 Å². The summed E-state index contributed by atoms with van der Waals surface area (Å²) in [5, 5.41) is 23.7. The van der Waals surface area contributed by atoms with E-state index in [0.29, 0.717) is 6.42 Å². The number of nitrogens with one attached hydrogen (secondary N) is 2. The molecular formula is C18H30N6O8. The Morgan fingerprint density at radius 2 is 1.72 bits per heavy atom. The second-order valence-electron chi connectivity index (χ2n) is 7.60. The molecule has 0 aromatic carbocycles. The van der Waals surface area contributed by atoms with Crippen molar-refractivity contribution in [3.63, 3.8) is 0 Å². The first-order valence-corrected chi connectivity index (χ1v) is 9.99. The SMILES string of the molecule is CC(O)C(NC(=O)C(N)CCC(N)=O)C(=O)N1CCCC1C(=O)NC(CC(N)=O)C(=O)O. The third-order valence-electron chi connectivity index (χ3n) is 4.94. The topological polar surface area (TPSA) is 248 Å². The summed E-state index contributed by atoms with van der Waals surface area (Å²) in [6.45, 7) is 1.38. The molecule has 0 radical (unpaired) electrons. The number of amides is 5. The molecular weight excluding hydrogens is 428 g/mol. The Hall–Kier alpha value is -3.26. The zero-order valence-corrected chi connectivity index (χ0v) is 17.7. The van der Waals surface area contributed by atoms with Crippen LogP contribution in [0.5, 0.6) is 0 Å². The van der Waals surface area contributed by atoms with Crippen LogP contribution in [-0.4, -0.2) is 87.4 Å². The summed E-state index contributed by atoms with van der Waals surface area (Å²) in [7, 11) is 0. The lowest BCUT2D eigenvalue weighted by molar-refractivity contribution is -0.146. The molecule has 14 heteroatoms. The summed E-state index contributed by atoms with van der Waals surface area (Å²) < 4.78 is 0. The summed E-state index contributed by atoms with van der Waals surface area (Å²) in [4.78, 5) is 72.1. The highest BCUT2D eigenvalue weighted by Gasteiger charge is 2.40. The minimum Gasteiger partial charge on any atom is -0.480 e. The number of primary amides is 2. The molecule has 0 aromatic heterocycles. The van der Waals surface area contributed by atoms with Gasteiger partial charge in [-0.3, -0.25) is 24.0 Å². The number of aliphatic carboxylic acids is 1. The van der Waals surface area contributed by atoms with E-state index >= 15 is 0 Å². The molecule has 0 spiro atoms. The Balaban J connectivity index is 2.90. The van der Waals surface area contributed by atoms with Gasteiger partial charge in [-0.05, 0) is 26.2 Å². The molecule has 1 heterocycles. The molecule has 1 fully saturated rings. The number of hydrogen-bond donors (Lipinski definition) is 7. The quantitative estimate of drug-likeness (QED) is 0.150. The van der Waals surface area contributed by atoms with E-state index in [9.17, 15) is 33.9 Å². The van der Waals surface area contributed by atoms with Gasteiger partial charge in [0.05, 0.1) is 18.6 Å². The minimum absolute atomic E-state index is 0.0624. The van der Waals surface area contributed by atoms with E-state index in [-0.39, 0.29) is 25.8 Å². The number of nitrogens with zero attached hydrogens (tertiary/aromatic N) is 1. The Morgan fingerprint density at radius 3 is 2.22 bits per heavy atom. The number of carboxylic acid groups (broad SMARTS) is 1. The number of rotatable bonds is 12. The fraction of sp³-hybridized carbons (Fsp3) is 0.667. The molecule has 1 aliphatic heterocycles. The summed E-state index contributed by atoms with van der Waals surface area (Å²) in [5.41, 5.74) is 15.7. The van der Waals surface area contributed by atoms with Gasteiger partial charge in [-0.1, -0.05) is 0 Å². The summed E-state index contributed by atoms with van der Waals surface area (Å²) in [6.07, 6.45) is -1.56. The van der Waals surface area contributed by atoms with Gasteiger partial charge in [0.2, 0.25) is 29.5 Å². The number of carbonyl (C=O) groups excluding carboxylic acids is 5. The molecule has 0 bridgehead atoms. The normalized spacial score (nSPS) is 19.3. The van der Waals surface area contributed by atoms with E-state index in [0.717, 1.165) is 4.90 Å². The van der Waals surface area contributed by atoms with Gasteiger partial charge < -0.3 is 42.9 Å². The predicted octanol–water partition coefficient (Wildman–Crippen LogP) is -4.12. The summed E-state index contributed by atoms with van der Waals surface area (Å²) in [5.74, 6) is -5.42. The van der Waals surface area contributed by atoms with Crippen molar-refractivity contribution >= 4 is 35.5 Å². The molecule has 5 amide bonds. The van der Waals surface area contributed by atoms with Gasteiger partial charge in [-0.25, -0.2) is 4.79 Å². The molecule has 0 aromatic rings. The maximum absolute atomic E-state index is 13.0. The smallest absolute Gasteiger partial charge is 0.326 e. The van der Waals surface area contributed by atoms with E-state index in [1.807, 2.05) is 0 Å². The zero-order valence-electron chi connectivity index (χ0n) is 17.7. The van der Waals surface area contributed by atoms with Gasteiger partial charge in [0, 0.05) is 13.0 Å². The van der Waals surface area contributed by atoms with Gasteiger partial charge in [0.15, 0.2) is 0 Å². The number of likely N-dealkylation sites (tertiary alicyclic amines) is 1. The van der Waals surface area contributed by atoms with Crippen LogP contribution >= 0.6 is 0 Å². The Kier molecular flexibility index (Phi) is 10.00. The number of carbonyl (C=O) groups is 6. The fourth-order valence-electron chi connectivity index (χ4n) is 3.23. The maximum Gasteiger partial charge on any atom is 0.326 e. The molecule has 1 rings (SSSR count). The van der Waals surface area contributed by atoms with E-state index < -0.39 is 72.2 Å². The lowest BCUT2D eigenvalue weighted by Gasteiger charge is -2.31. The van der Waals surface area contributed by atoms with Gasteiger partial charge in [0.1, 0.15) is 18.1 Å². The molecule has 14 nitrogen and oxygen atoms in total. The first-order valence-electron chi connectivity index (χ1n) is 9.99. The minimum atomic E-state index is -1.56. The van der Waals surface area contributed by atoms with Gasteiger partial charge in [-0.2, -0.15) is 0 Å². The highest BCUT2D eigenvalue weighted by Crippen LogP contribution is 2.20. The molecule has 180 valence electrons. The third-order valence-corrected chi connectivity index (χ3v) is 4.94. The van der Waals surface area contributed by atoms with Gasteiger partial charge in [0.25, 0.3) is 0 Å². The van der Waals surface area contributed by atoms with Crippen LogP contribution in [0.15, 0.2) is 0 Å². The lowest BCUT2D eigenvalue weighted by atomic mass is 10.1. The van der Waals surface area contributed by atoms with E-state index in [1.54, 1.807) is 0 Å². The van der Waals surface area contributed by atoms with Gasteiger partial charge in [-0.15, -0.1) is 0 Å². The van der Waals surface area contributed by atoms with Crippen molar-refractivity contribution in [3.8, 4) is 0 Å². The highest BCUT2D eigenvalue weighted by molar-refractivity contribution is 5.95. The standard InChI is InChI=1S/C18H30N6O8/c1-8(25)14(23-15(28)9(19)4-5-12(20)26)17(30)24-6-2-3-11(24)16(29)22-10(18(31)32)7-13(21)27/h8-11,14,25H,2-7,19H2,1H3,(H2,20,26)(H2,21,27)(H,22,29)(H,23,28)(H,31,32). The summed E-state index contributed by atoms with van der Waals surface area (Å²) >= 11 is 0. The van der Waals surface area contributed by atoms with Crippen molar-refractivity contribution in [2.45, 2.75) is 69.3 Å². The first-order chi connectivity index (χ1) is 14.8. The second-order valence-corrected chi connectivity index (χ2v) is 7.60. The van der Waals surface area contributed by atoms with Crippen LogP contribution in [0.3, 0.4) is 0 Å². The molecule has 0 saturated carbocycles. The van der Waals surface area contributed by atoms with Crippen LogP contribution in [0, 0.1) is 0 Å². The zero-order chi connectivity index (χ0) is 24.6. The maximum atomic E-state index is 13.0. The Morgan fingerprint density at radius 1 is 1.09 bits per heavy atom. The molecule has 32 heavy (non-hydrogen) atoms. The van der Waals surface area contributed by atoms with Crippen LogP contribution in [0.4, 0.5) is 0 Å².